The fourth-order valence-electron chi connectivity index (χ4n) is 1.57. The number of rotatable bonds is 3. The van der Waals surface area contributed by atoms with Crippen LogP contribution >= 0.6 is 0 Å². The summed E-state index contributed by atoms with van der Waals surface area (Å²) in [5.74, 6) is -1.66. The van der Waals surface area contributed by atoms with Gasteiger partial charge in [0, 0.05) is 11.5 Å². The summed E-state index contributed by atoms with van der Waals surface area (Å²) in [4.78, 5) is 22.2. The van der Waals surface area contributed by atoms with E-state index in [2.05, 4.69) is 0 Å². The molecule has 0 saturated heterocycles. The maximum atomic E-state index is 11.7. The summed E-state index contributed by atoms with van der Waals surface area (Å²) in [5.41, 5.74) is 0.612. The van der Waals surface area contributed by atoms with E-state index in [0.717, 1.165) is 0 Å². The van der Waals surface area contributed by atoms with Crippen molar-refractivity contribution in [2.45, 2.75) is 6.42 Å². The summed E-state index contributed by atoms with van der Waals surface area (Å²) in [7, 11) is 0. The highest BCUT2D eigenvalue weighted by atomic mass is 16.4. The molecule has 0 aliphatic heterocycles. The average molecular weight is 190 g/mol. The van der Waals surface area contributed by atoms with Crippen LogP contribution in [0.3, 0.4) is 0 Å². The molecule has 3 nitrogen and oxygen atoms in total. The largest absolute Gasteiger partial charge is 0.481 e. The molecule has 1 aliphatic rings. The molecule has 0 unspecified atom stereocenters. The second-order valence-corrected chi connectivity index (χ2v) is 3.52. The smallest absolute Gasteiger partial charge is 0.307 e. The first-order valence-electron chi connectivity index (χ1n) is 4.52. The molecule has 0 spiro atoms. The highest BCUT2D eigenvalue weighted by Crippen LogP contribution is 2.40. The van der Waals surface area contributed by atoms with Crippen LogP contribution in [0.5, 0.6) is 0 Å². The molecule has 1 saturated carbocycles. The topological polar surface area (TPSA) is 54.4 Å². The van der Waals surface area contributed by atoms with Gasteiger partial charge in [-0.1, -0.05) is 30.3 Å². The van der Waals surface area contributed by atoms with E-state index in [0.29, 0.717) is 12.0 Å². The summed E-state index contributed by atoms with van der Waals surface area (Å²) in [6.07, 6.45) is 0.489. The number of hydrogen-bond acceptors (Lipinski definition) is 2. The molecule has 0 aromatic heterocycles. The summed E-state index contributed by atoms with van der Waals surface area (Å²) in [6.45, 7) is 0. The maximum absolute atomic E-state index is 11.7. The standard InChI is InChI=1S/C11H10O3/c12-10(7-4-2-1-3-5-7)8-6-9(8)11(13)14/h1-5,8-9H,6H2,(H,13,14)/t8-,9+/m0/s1. The number of carboxylic acid groups (broad SMARTS) is 1. The van der Waals surface area contributed by atoms with Gasteiger partial charge in [-0.25, -0.2) is 0 Å². The van der Waals surface area contributed by atoms with Gasteiger partial charge in [0.1, 0.15) is 0 Å². The van der Waals surface area contributed by atoms with E-state index in [-0.39, 0.29) is 11.7 Å². The third-order valence-electron chi connectivity index (χ3n) is 2.50. The predicted octanol–water partition coefficient (Wildman–Crippen LogP) is 1.59. The van der Waals surface area contributed by atoms with Crippen LogP contribution in [0.25, 0.3) is 0 Å². The van der Waals surface area contributed by atoms with Crippen molar-refractivity contribution in [1.29, 1.82) is 0 Å². The zero-order valence-corrected chi connectivity index (χ0v) is 7.51. The summed E-state index contributed by atoms with van der Waals surface area (Å²) in [6, 6.07) is 8.84. The predicted molar refractivity (Wildman–Crippen MR) is 50.0 cm³/mol. The Morgan fingerprint density at radius 1 is 1.14 bits per heavy atom. The van der Waals surface area contributed by atoms with Crippen LogP contribution in [0.4, 0.5) is 0 Å². The monoisotopic (exact) mass is 190 g/mol. The number of carbonyl (C=O) groups is 2. The van der Waals surface area contributed by atoms with Crippen molar-refractivity contribution in [3.05, 3.63) is 35.9 Å². The molecule has 1 N–H and O–H groups in total. The number of carbonyl (C=O) groups excluding carboxylic acids is 1. The number of hydrogen-bond donors (Lipinski definition) is 1. The number of aliphatic carboxylic acids is 1. The molecule has 0 radical (unpaired) electrons. The normalized spacial score (nSPS) is 24.3. The number of benzene rings is 1. The van der Waals surface area contributed by atoms with Crippen molar-refractivity contribution in [3.8, 4) is 0 Å². The third kappa shape index (κ3) is 1.53. The van der Waals surface area contributed by atoms with Crippen LogP contribution < -0.4 is 0 Å². The molecule has 2 atom stereocenters. The molecular formula is C11H10O3. The summed E-state index contributed by atoms with van der Waals surface area (Å²) in [5, 5.41) is 8.67. The van der Waals surface area contributed by atoms with E-state index < -0.39 is 11.9 Å². The van der Waals surface area contributed by atoms with Crippen molar-refractivity contribution >= 4 is 11.8 Å². The van der Waals surface area contributed by atoms with Gasteiger partial charge in [-0.2, -0.15) is 0 Å². The molecule has 0 heterocycles. The number of ketones is 1. The fraction of sp³-hybridized carbons (Fsp3) is 0.273. The fourth-order valence-corrected chi connectivity index (χ4v) is 1.57. The Morgan fingerprint density at radius 3 is 2.29 bits per heavy atom. The van der Waals surface area contributed by atoms with Gasteiger partial charge in [0.05, 0.1) is 5.92 Å². The van der Waals surface area contributed by atoms with Gasteiger partial charge in [0.25, 0.3) is 0 Å². The Bertz CT molecular complexity index is 369. The Morgan fingerprint density at radius 2 is 1.79 bits per heavy atom. The highest BCUT2D eigenvalue weighted by Gasteiger charge is 2.48. The second-order valence-electron chi connectivity index (χ2n) is 3.52. The summed E-state index contributed by atoms with van der Waals surface area (Å²) < 4.78 is 0. The molecule has 1 aromatic carbocycles. The second kappa shape index (κ2) is 3.25. The van der Waals surface area contributed by atoms with E-state index in [1.54, 1.807) is 24.3 Å². The van der Waals surface area contributed by atoms with Gasteiger partial charge in [0.15, 0.2) is 5.78 Å². The lowest BCUT2D eigenvalue weighted by Crippen LogP contribution is -2.07. The third-order valence-corrected chi connectivity index (χ3v) is 2.50. The molecule has 3 heteroatoms. The van der Waals surface area contributed by atoms with E-state index in [1.165, 1.54) is 0 Å². The van der Waals surface area contributed by atoms with Crippen LogP contribution in [0.2, 0.25) is 0 Å². The van der Waals surface area contributed by atoms with E-state index in [9.17, 15) is 9.59 Å². The quantitative estimate of drug-likeness (QED) is 0.736. The van der Waals surface area contributed by atoms with Gasteiger partial charge in [0.2, 0.25) is 0 Å². The Kier molecular flexibility index (Phi) is 2.08. The van der Waals surface area contributed by atoms with Crippen molar-refractivity contribution in [1.82, 2.24) is 0 Å². The van der Waals surface area contributed by atoms with Crippen LogP contribution in [-0.4, -0.2) is 16.9 Å². The molecule has 14 heavy (non-hydrogen) atoms. The minimum Gasteiger partial charge on any atom is -0.481 e. The molecular weight excluding hydrogens is 180 g/mol. The first-order chi connectivity index (χ1) is 6.70. The lowest BCUT2D eigenvalue weighted by molar-refractivity contribution is -0.138. The van der Waals surface area contributed by atoms with Crippen LogP contribution in [0.15, 0.2) is 30.3 Å². The summed E-state index contributed by atoms with van der Waals surface area (Å²) >= 11 is 0. The van der Waals surface area contributed by atoms with Gasteiger partial charge >= 0.3 is 5.97 Å². The van der Waals surface area contributed by atoms with Crippen molar-refractivity contribution in [2.75, 3.05) is 0 Å². The molecule has 0 bridgehead atoms. The van der Waals surface area contributed by atoms with Gasteiger partial charge in [-0.15, -0.1) is 0 Å². The zero-order chi connectivity index (χ0) is 10.1. The van der Waals surface area contributed by atoms with Crippen molar-refractivity contribution in [3.63, 3.8) is 0 Å². The van der Waals surface area contributed by atoms with Crippen molar-refractivity contribution in [2.24, 2.45) is 11.8 Å². The average Bonchev–Trinajstić information content (AvgIpc) is 2.97. The van der Waals surface area contributed by atoms with E-state index in [1.807, 2.05) is 6.07 Å². The first-order valence-corrected chi connectivity index (χ1v) is 4.52. The van der Waals surface area contributed by atoms with E-state index in [4.69, 9.17) is 5.11 Å². The highest BCUT2D eigenvalue weighted by molar-refractivity contribution is 6.02. The first kappa shape index (κ1) is 8.94. The zero-order valence-electron chi connectivity index (χ0n) is 7.51. The van der Waals surface area contributed by atoms with Crippen LogP contribution in [0.1, 0.15) is 16.8 Å². The molecule has 1 fully saturated rings. The van der Waals surface area contributed by atoms with Gasteiger partial charge in [-0.05, 0) is 6.42 Å². The number of carboxylic acids is 1. The minimum absolute atomic E-state index is 0.0435. The molecule has 2 rings (SSSR count). The Labute approximate surface area is 81.4 Å². The van der Waals surface area contributed by atoms with Gasteiger partial charge in [-0.3, -0.25) is 9.59 Å². The van der Waals surface area contributed by atoms with Crippen molar-refractivity contribution < 1.29 is 14.7 Å². The lowest BCUT2D eigenvalue weighted by atomic mass is 10.1. The SMILES string of the molecule is O=C(c1ccccc1)[C@H]1C[C@H]1C(=O)O. The molecule has 0 amide bonds. The molecule has 1 aliphatic carbocycles. The molecule has 1 aromatic rings. The lowest BCUT2D eigenvalue weighted by Gasteiger charge is -1.97. The number of Topliss-reactive ketones (excluding diaryl/α,β-unsaturated/α-hetero) is 1. The van der Waals surface area contributed by atoms with Gasteiger partial charge < -0.3 is 5.11 Å². The Balaban J connectivity index is 2.09. The molecule has 72 valence electrons. The van der Waals surface area contributed by atoms with Crippen LogP contribution in [0, 0.1) is 11.8 Å². The van der Waals surface area contributed by atoms with E-state index >= 15 is 0 Å². The minimum atomic E-state index is -0.862. The Hall–Kier alpha value is -1.64. The van der Waals surface area contributed by atoms with Crippen LogP contribution in [-0.2, 0) is 4.79 Å². The maximum Gasteiger partial charge on any atom is 0.307 e.